The monoisotopic (exact) mass is 591 g/mol. The molecule has 3 N–H and O–H groups in total. The number of ether oxygens (including phenoxy) is 1. The first kappa shape index (κ1) is 28.3. The van der Waals surface area contributed by atoms with Gasteiger partial charge in [0.05, 0.1) is 35.3 Å². The maximum Gasteiger partial charge on any atom is 0.254 e. The second-order valence-electron chi connectivity index (χ2n) is 10.9. The number of aromatic nitrogens is 3. The molecule has 2 fully saturated rings. The smallest absolute Gasteiger partial charge is 0.254 e. The Bertz CT molecular complexity index is 1460. The van der Waals surface area contributed by atoms with Crippen molar-refractivity contribution >= 4 is 35.2 Å². The van der Waals surface area contributed by atoms with Gasteiger partial charge in [0.15, 0.2) is 0 Å². The van der Waals surface area contributed by atoms with E-state index >= 15 is 0 Å². The second-order valence-corrected chi connectivity index (χ2v) is 11.3. The third-order valence-corrected chi connectivity index (χ3v) is 8.23. The minimum absolute atomic E-state index is 0.140. The van der Waals surface area contributed by atoms with E-state index in [0.717, 1.165) is 50.2 Å². The van der Waals surface area contributed by atoms with Crippen LogP contribution in [0.5, 0.6) is 0 Å². The summed E-state index contributed by atoms with van der Waals surface area (Å²) in [5.74, 6) is 0.702. The fourth-order valence-electron chi connectivity index (χ4n) is 5.68. The van der Waals surface area contributed by atoms with E-state index < -0.39 is 6.04 Å². The number of rotatable bonds is 9. The molecule has 1 unspecified atom stereocenters. The number of nitrogens with one attached hydrogen (secondary N) is 2. The number of hydrogen-bond acceptors (Lipinski definition) is 9. The number of anilines is 2. The molecule has 12 heteroatoms. The van der Waals surface area contributed by atoms with Gasteiger partial charge < -0.3 is 30.3 Å². The zero-order chi connectivity index (χ0) is 29.1. The molecule has 42 heavy (non-hydrogen) atoms. The van der Waals surface area contributed by atoms with E-state index in [9.17, 15) is 14.7 Å². The predicted molar refractivity (Wildman–Crippen MR) is 158 cm³/mol. The Hall–Kier alpha value is -3.80. The van der Waals surface area contributed by atoms with Crippen LogP contribution in [0, 0.1) is 0 Å². The first-order valence-electron chi connectivity index (χ1n) is 14.4. The summed E-state index contributed by atoms with van der Waals surface area (Å²) in [5, 5.41) is 16.6. The number of carbonyl (C=O) groups excluding carboxylic acids is 2. The molecule has 3 aliphatic rings. The number of amides is 2. The van der Waals surface area contributed by atoms with E-state index in [2.05, 4.69) is 30.5 Å². The summed E-state index contributed by atoms with van der Waals surface area (Å²) in [7, 11) is 0. The lowest BCUT2D eigenvalue weighted by molar-refractivity contribution is -0.122. The molecular formula is C30H34ClN7O4. The molecule has 0 radical (unpaired) electrons. The lowest BCUT2D eigenvalue weighted by atomic mass is 10.0. The van der Waals surface area contributed by atoms with Gasteiger partial charge in [-0.2, -0.15) is 0 Å². The van der Waals surface area contributed by atoms with Crippen molar-refractivity contribution < 1.29 is 19.4 Å². The summed E-state index contributed by atoms with van der Waals surface area (Å²) in [4.78, 5) is 43.7. The van der Waals surface area contributed by atoms with Crippen molar-refractivity contribution in [2.45, 2.75) is 44.3 Å². The summed E-state index contributed by atoms with van der Waals surface area (Å²) in [6.07, 6.45) is 5.56. The molecule has 2 aromatic heterocycles. The lowest BCUT2D eigenvalue weighted by Crippen LogP contribution is -2.40. The van der Waals surface area contributed by atoms with Crippen molar-refractivity contribution in [3.8, 4) is 11.3 Å². The standard InChI is InChI=1S/C30H34ClN7O4/c31-23-15-32-30(33-21-8-12-42-13-9-21)36-28(23)19-6-7-20-16-38(29(41)22(20)14-19)17-27(40)35-25(18-39)24-4-3-5-26(34-24)37-10-1-2-11-37/h3-7,14-15,21,25,39H,1-2,8-13,16-18H2,(H,35,40)(H,32,33,36). The molecule has 220 valence electrons. The van der Waals surface area contributed by atoms with Crippen LogP contribution in [-0.4, -0.2) is 82.3 Å². The molecule has 11 nitrogen and oxygen atoms in total. The molecule has 2 saturated heterocycles. The molecule has 1 aromatic carbocycles. The highest BCUT2D eigenvalue weighted by Crippen LogP contribution is 2.32. The van der Waals surface area contributed by atoms with Gasteiger partial charge in [0.25, 0.3) is 5.91 Å². The van der Waals surface area contributed by atoms with Gasteiger partial charge >= 0.3 is 0 Å². The number of pyridine rings is 1. The molecular weight excluding hydrogens is 558 g/mol. The number of hydrogen-bond donors (Lipinski definition) is 3. The topological polar surface area (TPSA) is 133 Å². The van der Waals surface area contributed by atoms with Crippen molar-refractivity contribution in [2.24, 2.45) is 0 Å². The normalized spacial score (nSPS) is 17.8. The predicted octanol–water partition coefficient (Wildman–Crippen LogP) is 3.19. The van der Waals surface area contributed by atoms with Crippen LogP contribution in [0.1, 0.15) is 53.3 Å². The number of nitrogens with zero attached hydrogens (tertiary/aromatic N) is 5. The van der Waals surface area contributed by atoms with Crippen LogP contribution in [0.3, 0.4) is 0 Å². The van der Waals surface area contributed by atoms with Crippen molar-refractivity contribution in [3.05, 3.63) is 64.4 Å². The van der Waals surface area contributed by atoms with Crippen LogP contribution in [-0.2, 0) is 16.1 Å². The zero-order valence-corrected chi connectivity index (χ0v) is 24.0. The fraction of sp³-hybridized carbons (Fsp3) is 0.433. The molecule has 1 atom stereocenters. The van der Waals surface area contributed by atoms with E-state index in [0.29, 0.717) is 53.2 Å². The Balaban J connectivity index is 1.12. The second kappa shape index (κ2) is 12.6. The average molecular weight is 592 g/mol. The maximum absolute atomic E-state index is 13.3. The van der Waals surface area contributed by atoms with Crippen LogP contribution in [0.2, 0.25) is 5.02 Å². The summed E-state index contributed by atoms with van der Waals surface area (Å²) < 4.78 is 5.42. The molecule has 6 rings (SSSR count). The van der Waals surface area contributed by atoms with E-state index in [4.69, 9.17) is 16.3 Å². The van der Waals surface area contributed by atoms with Crippen molar-refractivity contribution in [3.63, 3.8) is 0 Å². The van der Waals surface area contributed by atoms with Gasteiger partial charge in [-0.1, -0.05) is 29.8 Å². The largest absolute Gasteiger partial charge is 0.394 e. The highest BCUT2D eigenvalue weighted by atomic mass is 35.5. The lowest BCUT2D eigenvalue weighted by Gasteiger charge is -2.23. The molecule has 5 heterocycles. The molecule has 2 amide bonds. The number of halogens is 1. The Kier molecular flexibility index (Phi) is 8.50. The Morgan fingerprint density at radius 1 is 1.14 bits per heavy atom. The Morgan fingerprint density at radius 3 is 2.74 bits per heavy atom. The summed E-state index contributed by atoms with van der Waals surface area (Å²) in [6.45, 7) is 3.16. The zero-order valence-electron chi connectivity index (χ0n) is 23.3. The number of carbonyl (C=O) groups is 2. The quantitative estimate of drug-likeness (QED) is 0.343. The first-order chi connectivity index (χ1) is 20.5. The Morgan fingerprint density at radius 2 is 1.95 bits per heavy atom. The average Bonchev–Trinajstić information content (AvgIpc) is 3.66. The fourth-order valence-corrected chi connectivity index (χ4v) is 5.88. The van der Waals surface area contributed by atoms with Crippen LogP contribution in [0.4, 0.5) is 11.8 Å². The van der Waals surface area contributed by atoms with Gasteiger partial charge in [-0.15, -0.1) is 0 Å². The van der Waals surface area contributed by atoms with Gasteiger partial charge in [0.1, 0.15) is 12.4 Å². The molecule has 0 aliphatic carbocycles. The Labute approximate surface area is 249 Å². The molecule has 0 saturated carbocycles. The van der Waals surface area contributed by atoms with Crippen LogP contribution in [0.25, 0.3) is 11.3 Å². The minimum Gasteiger partial charge on any atom is -0.394 e. The van der Waals surface area contributed by atoms with E-state index in [1.165, 1.54) is 4.90 Å². The van der Waals surface area contributed by atoms with Crippen LogP contribution < -0.4 is 15.5 Å². The maximum atomic E-state index is 13.3. The van der Waals surface area contributed by atoms with Crippen molar-refractivity contribution in [1.29, 1.82) is 0 Å². The molecule has 3 aliphatic heterocycles. The third kappa shape index (κ3) is 6.18. The summed E-state index contributed by atoms with van der Waals surface area (Å²) in [6, 6.07) is 10.7. The van der Waals surface area contributed by atoms with Crippen LogP contribution >= 0.6 is 11.6 Å². The van der Waals surface area contributed by atoms with Gasteiger partial charge in [0, 0.05) is 50.0 Å². The van der Waals surface area contributed by atoms with E-state index in [1.54, 1.807) is 18.3 Å². The first-order valence-corrected chi connectivity index (χ1v) is 14.8. The van der Waals surface area contributed by atoms with Crippen molar-refractivity contribution in [2.75, 3.05) is 49.7 Å². The molecule has 0 bridgehead atoms. The number of aliphatic hydroxyl groups is 1. The number of aliphatic hydroxyl groups excluding tert-OH is 1. The highest BCUT2D eigenvalue weighted by Gasteiger charge is 2.30. The van der Waals surface area contributed by atoms with Crippen molar-refractivity contribution in [1.82, 2.24) is 25.2 Å². The van der Waals surface area contributed by atoms with Gasteiger partial charge in [0.2, 0.25) is 11.9 Å². The highest BCUT2D eigenvalue weighted by molar-refractivity contribution is 6.33. The van der Waals surface area contributed by atoms with Gasteiger partial charge in [-0.05, 0) is 49.4 Å². The summed E-state index contributed by atoms with van der Waals surface area (Å²) in [5.41, 5.74) is 3.14. The number of fused-ring (bicyclic) bond motifs is 1. The third-order valence-electron chi connectivity index (χ3n) is 7.96. The van der Waals surface area contributed by atoms with Gasteiger partial charge in [-0.3, -0.25) is 9.59 Å². The number of benzene rings is 1. The van der Waals surface area contributed by atoms with E-state index in [1.807, 2.05) is 24.3 Å². The molecule has 0 spiro atoms. The van der Waals surface area contributed by atoms with Crippen LogP contribution in [0.15, 0.2) is 42.6 Å². The minimum atomic E-state index is -0.671. The van der Waals surface area contributed by atoms with E-state index in [-0.39, 0.29) is 31.0 Å². The van der Waals surface area contributed by atoms with Gasteiger partial charge in [-0.25, -0.2) is 15.0 Å². The summed E-state index contributed by atoms with van der Waals surface area (Å²) >= 11 is 6.47. The molecule has 3 aromatic rings. The SMILES string of the molecule is O=C(CN1Cc2ccc(-c3nc(NC4CCOCC4)ncc3Cl)cc2C1=O)NC(CO)c1cccc(N2CCCC2)n1.